The number of nitrogens with one attached hydrogen (secondary N) is 1. The number of aliphatic carboxylic acids is 1. The number of rotatable bonds is 14. The average molecular weight is 580 g/mol. The summed E-state index contributed by atoms with van der Waals surface area (Å²) in [5, 5.41) is 21.2. The Labute approximate surface area is 245 Å². The molecule has 0 bridgehead atoms. The van der Waals surface area contributed by atoms with Crippen molar-refractivity contribution >= 4 is 29.3 Å². The van der Waals surface area contributed by atoms with Gasteiger partial charge in [0.2, 0.25) is 5.91 Å². The number of anilines is 1. The van der Waals surface area contributed by atoms with Gasteiger partial charge >= 0.3 is 5.97 Å². The second kappa shape index (κ2) is 15.6. The van der Waals surface area contributed by atoms with Crippen LogP contribution in [0.15, 0.2) is 77.7 Å². The number of para-hydroxylation sites is 1. The standard InChI is InChI=1S/C32H37NO7S/c1-38-27-10-5-6-11-29(27)41-21-26-19-28(23-16-14-22(20-34)15-17-23)40-32(39-26)24-8-7-9-25(18-24)33-30(35)12-3-2-4-13-31(36)37/h5-11,14-18,26,28,32,34H,2-4,12-13,19-21H2,1H3,(H,33,35)(H,36,37)/t26-,28+,32+/m0/s1. The molecule has 0 unspecified atom stereocenters. The van der Waals surface area contributed by atoms with Gasteiger partial charge < -0.3 is 29.7 Å². The molecule has 3 aromatic rings. The van der Waals surface area contributed by atoms with E-state index < -0.39 is 12.3 Å². The summed E-state index contributed by atoms with van der Waals surface area (Å²) in [7, 11) is 1.66. The third kappa shape index (κ3) is 9.33. The maximum absolute atomic E-state index is 12.5. The Bertz CT molecular complexity index is 1280. The fraction of sp³-hybridized carbons (Fsp3) is 0.375. The summed E-state index contributed by atoms with van der Waals surface area (Å²) in [5.41, 5.74) is 3.30. The first kappa shape index (κ1) is 30.6. The molecule has 3 atom stereocenters. The van der Waals surface area contributed by atoms with E-state index in [1.54, 1.807) is 18.9 Å². The Hall–Kier alpha value is -3.37. The minimum atomic E-state index is -0.816. The zero-order chi connectivity index (χ0) is 29.0. The van der Waals surface area contributed by atoms with Crippen LogP contribution in [0.3, 0.4) is 0 Å². The third-order valence-corrected chi connectivity index (χ3v) is 8.03. The van der Waals surface area contributed by atoms with Crippen LogP contribution in [0.2, 0.25) is 0 Å². The highest BCUT2D eigenvalue weighted by Crippen LogP contribution is 2.40. The number of hydrogen-bond donors (Lipinski definition) is 3. The molecule has 1 fully saturated rings. The number of methoxy groups -OCH3 is 1. The van der Waals surface area contributed by atoms with E-state index in [1.165, 1.54) is 0 Å². The largest absolute Gasteiger partial charge is 0.496 e. The Morgan fingerprint density at radius 3 is 2.49 bits per heavy atom. The summed E-state index contributed by atoms with van der Waals surface area (Å²) in [6.45, 7) is -0.0173. The molecule has 218 valence electrons. The lowest BCUT2D eigenvalue weighted by Gasteiger charge is -2.36. The molecule has 41 heavy (non-hydrogen) atoms. The predicted octanol–water partition coefficient (Wildman–Crippen LogP) is 6.50. The Morgan fingerprint density at radius 2 is 1.73 bits per heavy atom. The van der Waals surface area contributed by atoms with Gasteiger partial charge in [0, 0.05) is 41.2 Å². The maximum Gasteiger partial charge on any atom is 0.303 e. The van der Waals surface area contributed by atoms with Crippen molar-refractivity contribution in [3.63, 3.8) is 0 Å². The van der Waals surface area contributed by atoms with E-state index in [4.69, 9.17) is 19.3 Å². The van der Waals surface area contributed by atoms with E-state index in [9.17, 15) is 14.7 Å². The first-order chi connectivity index (χ1) is 19.9. The van der Waals surface area contributed by atoms with E-state index in [2.05, 4.69) is 5.32 Å². The van der Waals surface area contributed by atoms with Gasteiger partial charge in [-0.15, -0.1) is 11.8 Å². The fourth-order valence-electron chi connectivity index (χ4n) is 4.67. The number of hydrogen-bond acceptors (Lipinski definition) is 7. The summed E-state index contributed by atoms with van der Waals surface area (Å²) in [5.74, 6) is 0.589. The van der Waals surface area contributed by atoms with Crippen molar-refractivity contribution in [3.8, 4) is 5.75 Å². The van der Waals surface area contributed by atoms with Crippen LogP contribution in [0.1, 0.15) is 67.6 Å². The van der Waals surface area contributed by atoms with Crippen molar-refractivity contribution in [2.75, 3.05) is 18.2 Å². The zero-order valence-electron chi connectivity index (χ0n) is 23.2. The minimum absolute atomic E-state index is 0.0173. The lowest BCUT2D eigenvalue weighted by Crippen LogP contribution is -2.31. The Morgan fingerprint density at radius 1 is 0.951 bits per heavy atom. The molecule has 0 radical (unpaired) electrons. The molecule has 8 nitrogen and oxygen atoms in total. The first-order valence-electron chi connectivity index (χ1n) is 13.8. The van der Waals surface area contributed by atoms with Gasteiger partial charge in [-0.05, 0) is 48.2 Å². The second-order valence-corrected chi connectivity index (χ2v) is 11.0. The normalized spacial score (nSPS) is 18.5. The van der Waals surface area contributed by atoms with Crippen LogP contribution in [0.4, 0.5) is 5.69 Å². The molecule has 0 aliphatic carbocycles. The molecule has 0 spiro atoms. The first-order valence-corrected chi connectivity index (χ1v) is 14.8. The van der Waals surface area contributed by atoms with Gasteiger partial charge in [-0.3, -0.25) is 9.59 Å². The van der Waals surface area contributed by atoms with E-state index in [0.29, 0.717) is 43.5 Å². The summed E-state index contributed by atoms with van der Waals surface area (Å²) in [6, 6.07) is 23.2. The van der Waals surface area contributed by atoms with E-state index in [0.717, 1.165) is 27.3 Å². The van der Waals surface area contributed by atoms with Crippen LogP contribution < -0.4 is 10.1 Å². The third-order valence-electron chi connectivity index (χ3n) is 6.85. The smallest absolute Gasteiger partial charge is 0.303 e. The highest BCUT2D eigenvalue weighted by Gasteiger charge is 2.32. The highest BCUT2D eigenvalue weighted by molar-refractivity contribution is 7.99. The van der Waals surface area contributed by atoms with Gasteiger partial charge in [-0.2, -0.15) is 0 Å². The van der Waals surface area contributed by atoms with Crippen LogP contribution >= 0.6 is 11.8 Å². The summed E-state index contributed by atoms with van der Waals surface area (Å²) in [4.78, 5) is 24.2. The van der Waals surface area contributed by atoms with Crippen molar-refractivity contribution in [3.05, 3.63) is 89.5 Å². The quantitative estimate of drug-likeness (QED) is 0.147. The van der Waals surface area contributed by atoms with Crippen LogP contribution in [-0.2, 0) is 25.7 Å². The van der Waals surface area contributed by atoms with Crippen LogP contribution in [0.25, 0.3) is 0 Å². The van der Waals surface area contributed by atoms with Gasteiger partial charge in [0.25, 0.3) is 0 Å². The number of thioether (sulfide) groups is 1. The van der Waals surface area contributed by atoms with Crippen LogP contribution in [0, 0.1) is 0 Å². The molecule has 1 amide bonds. The number of benzene rings is 3. The van der Waals surface area contributed by atoms with E-state index in [1.807, 2.05) is 72.8 Å². The van der Waals surface area contributed by atoms with Crippen molar-refractivity contribution in [2.45, 2.75) is 68.5 Å². The number of amides is 1. The van der Waals surface area contributed by atoms with Gasteiger partial charge in [-0.1, -0.05) is 55.0 Å². The van der Waals surface area contributed by atoms with Gasteiger partial charge in [0.1, 0.15) is 5.75 Å². The number of carbonyl (C=O) groups is 2. The molecule has 1 heterocycles. The van der Waals surface area contributed by atoms with Crippen molar-refractivity contribution < 1.29 is 34.0 Å². The molecule has 3 N–H and O–H groups in total. The average Bonchev–Trinajstić information content (AvgIpc) is 3.00. The second-order valence-electron chi connectivity index (χ2n) is 9.94. The molecule has 4 rings (SSSR count). The summed E-state index contributed by atoms with van der Waals surface area (Å²) in [6.07, 6.45) is 2.04. The van der Waals surface area contributed by atoms with Crippen molar-refractivity contribution in [2.24, 2.45) is 0 Å². The lowest BCUT2D eigenvalue weighted by molar-refractivity contribution is -0.245. The molecule has 0 saturated carbocycles. The molecule has 0 aromatic heterocycles. The summed E-state index contributed by atoms with van der Waals surface area (Å²) >= 11 is 1.67. The summed E-state index contributed by atoms with van der Waals surface area (Å²) < 4.78 is 18.4. The molecular formula is C32H37NO7S. The van der Waals surface area contributed by atoms with Crippen molar-refractivity contribution in [1.29, 1.82) is 0 Å². The number of ether oxygens (including phenoxy) is 3. The van der Waals surface area contributed by atoms with Gasteiger partial charge in [0.05, 0.1) is 25.9 Å². The predicted molar refractivity (Wildman–Crippen MR) is 158 cm³/mol. The number of carboxylic acids is 1. The molecule has 1 aliphatic rings. The molecule has 9 heteroatoms. The van der Waals surface area contributed by atoms with Crippen molar-refractivity contribution in [1.82, 2.24) is 0 Å². The highest BCUT2D eigenvalue weighted by atomic mass is 32.2. The molecule has 1 saturated heterocycles. The minimum Gasteiger partial charge on any atom is -0.496 e. The van der Waals surface area contributed by atoms with E-state index in [-0.39, 0.29) is 31.1 Å². The van der Waals surface area contributed by atoms with Gasteiger partial charge in [0.15, 0.2) is 6.29 Å². The number of carboxylic acid groups (broad SMARTS) is 1. The molecule has 3 aromatic carbocycles. The SMILES string of the molecule is COc1ccccc1SC[C@@H]1C[C@H](c2ccc(CO)cc2)O[C@H](c2cccc(NC(=O)CCCCCC(=O)O)c2)O1. The lowest BCUT2D eigenvalue weighted by atomic mass is 10.0. The van der Waals surface area contributed by atoms with Gasteiger partial charge in [-0.25, -0.2) is 0 Å². The number of carbonyl (C=O) groups excluding carboxylic acids is 1. The number of aliphatic hydroxyl groups is 1. The topological polar surface area (TPSA) is 114 Å². The van der Waals surface area contributed by atoms with Crippen LogP contribution in [0.5, 0.6) is 5.75 Å². The fourth-order valence-corrected chi connectivity index (χ4v) is 5.72. The molecular weight excluding hydrogens is 542 g/mol. The number of aliphatic hydroxyl groups excluding tert-OH is 1. The number of unbranched alkanes of at least 4 members (excludes halogenated alkanes) is 2. The monoisotopic (exact) mass is 579 g/mol. The Kier molecular flexibility index (Phi) is 11.6. The Balaban J connectivity index is 1.45. The molecule has 1 aliphatic heterocycles. The van der Waals surface area contributed by atoms with Crippen LogP contribution in [-0.4, -0.2) is 41.1 Å². The van der Waals surface area contributed by atoms with E-state index >= 15 is 0 Å². The zero-order valence-corrected chi connectivity index (χ0v) is 24.0. The maximum atomic E-state index is 12.5.